The van der Waals surface area contributed by atoms with Gasteiger partial charge >= 0.3 is 0 Å². The number of hydrogen-bond acceptors (Lipinski definition) is 3. The lowest BCUT2D eigenvalue weighted by molar-refractivity contribution is 0.373. The third-order valence-electron chi connectivity index (χ3n) is 4.25. The summed E-state index contributed by atoms with van der Waals surface area (Å²) < 4.78 is 5.15. The van der Waals surface area contributed by atoms with Gasteiger partial charge < -0.3 is 9.84 Å². The van der Waals surface area contributed by atoms with Crippen LogP contribution in [0.25, 0.3) is 0 Å². The van der Waals surface area contributed by atoms with Gasteiger partial charge in [0.2, 0.25) is 0 Å². The molecule has 3 nitrogen and oxygen atoms in total. The molecule has 0 aliphatic rings. The summed E-state index contributed by atoms with van der Waals surface area (Å²) in [6, 6.07) is 11.9. The Bertz CT molecular complexity index is 745. The van der Waals surface area contributed by atoms with Crippen molar-refractivity contribution in [1.29, 1.82) is 0 Å². The van der Waals surface area contributed by atoms with Crippen LogP contribution < -0.4 is 4.74 Å². The fourth-order valence-electron chi connectivity index (χ4n) is 2.50. The molecule has 3 heteroatoms. The summed E-state index contributed by atoms with van der Waals surface area (Å²) in [5.74, 6) is 0.555. The first-order valence-corrected chi connectivity index (χ1v) is 8.58. The molecule has 0 aromatic heterocycles. The second kappa shape index (κ2) is 6.91. The molecular weight excluding hydrogens is 310 g/mol. The highest BCUT2D eigenvalue weighted by Gasteiger charge is 2.20. The molecule has 0 heterocycles. The number of aromatic hydroxyl groups is 1. The quantitative estimate of drug-likeness (QED) is 0.724. The Kier molecular flexibility index (Phi) is 5.26. The van der Waals surface area contributed by atoms with E-state index >= 15 is 0 Å². The van der Waals surface area contributed by atoms with Crippen molar-refractivity contribution in [3.8, 4) is 11.5 Å². The van der Waals surface area contributed by atoms with E-state index in [4.69, 9.17) is 4.74 Å². The lowest BCUT2D eigenvalue weighted by Gasteiger charge is -2.25. The molecule has 0 fully saturated rings. The van der Waals surface area contributed by atoms with Gasteiger partial charge in [-0.15, -0.1) is 0 Å². The van der Waals surface area contributed by atoms with Gasteiger partial charge in [-0.2, -0.15) is 0 Å². The number of hydrogen-bond donors (Lipinski definition) is 1. The number of ether oxygens (including phenoxy) is 1. The average molecular weight is 339 g/mol. The summed E-state index contributed by atoms with van der Waals surface area (Å²) in [4.78, 5) is 4.62. The number of para-hydroxylation sites is 1. The summed E-state index contributed by atoms with van der Waals surface area (Å²) in [5.41, 5.74) is 4.12. The number of phenolic OH excluding ortho intramolecular Hbond substituents is 1. The molecule has 0 radical (unpaired) electrons. The Labute approximate surface area is 151 Å². The molecule has 0 amide bonds. The number of benzene rings is 2. The molecule has 0 saturated heterocycles. The van der Waals surface area contributed by atoms with Crippen molar-refractivity contribution in [3.05, 3.63) is 53.1 Å². The highest BCUT2D eigenvalue weighted by molar-refractivity contribution is 5.86. The first-order chi connectivity index (χ1) is 11.5. The zero-order valence-corrected chi connectivity index (χ0v) is 16.3. The highest BCUT2D eigenvalue weighted by atomic mass is 16.5. The number of phenols is 1. The van der Waals surface area contributed by atoms with Crippen molar-refractivity contribution < 1.29 is 9.84 Å². The Hall–Kier alpha value is -2.29. The minimum atomic E-state index is 0.0453. The van der Waals surface area contributed by atoms with Gasteiger partial charge in [0.15, 0.2) is 11.5 Å². The molecule has 0 bridgehead atoms. The maximum absolute atomic E-state index is 10.2. The Balaban J connectivity index is 2.49. The minimum absolute atomic E-state index is 0.0453. The Morgan fingerprint density at radius 2 is 1.48 bits per heavy atom. The predicted molar refractivity (Wildman–Crippen MR) is 106 cm³/mol. The molecule has 2 aromatic rings. The van der Waals surface area contributed by atoms with Crippen molar-refractivity contribution in [2.75, 3.05) is 7.11 Å². The zero-order chi connectivity index (χ0) is 18.8. The van der Waals surface area contributed by atoms with Gasteiger partial charge in [0.25, 0.3) is 0 Å². The molecular formula is C22H29NO2. The van der Waals surface area contributed by atoms with Crippen LogP contribution in [0.4, 0.5) is 5.69 Å². The van der Waals surface area contributed by atoms with Crippen LogP contribution >= 0.6 is 0 Å². The molecule has 0 spiro atoms. The van der Waals surface area contributed by atoms with Crippen LogP contribution in [0.1, 0.15) is 58.2 Å². The van der Waals surface area contributed by atoms with Crippen molar-refractivity contribution in [1.82, 2.24) is 0 Å². The normalized spacial score (nSPS) is 12.6. The average Bonchev–Trinajstić information content (AvgIpc) is 2.52. The smallest absolute Gasteiger partial charge is 0.166 e. The van der Waals surface area contributed by atoms with Crippen molar-refractivity contribution in [2.24, 2.45) is 4.99 Å². The van der Waals surface area contributed by atoms with Gasteiger partial charge in [-0.3, -0.25) is 4.99 Å². The van der Waals surface area contributed by atoms with Crippen molar-refractivity contribution in [3.63, 3.8) is 0 Å². The van der Waals surface area contributed by atoms with E-state index in [0.717, 1.165) is 5.69 Å². The number of nitrogens with zero attached hydrogens (tertiary/aromatic N) is 1. The van der Waals surface area contributed by atoms with Crippen LogP contribution in [0.15, 0.2) is 41.4 Å². The molecule has 0 aliphatic heterocycles. The summed E-state index contributed by atoms with van der Waals surface area (Å²) in [6.07, 6.45) is 1.69. The van der Waals surface area contributed by atoms with Crippen molar-refractivity contribution >= 4 is 11.9 Å². The molecule has 0 unspecified atom stereocenters. The topological polar surface area (TPSA) is 41.8 Å². The van der Waals surface area contributed by atoms with E-state index in [1.807, 2.05) is 12.1 Å². The van der Waals surface area contributed by atoms with Crippen LogP contribution in [0.2, 0.25) is 0 Å². The van der Waals surface area contributed by atoms with Gasteiger partial charge in [0.05, 0.1) is 12.8 Å². The predicted octanol–water partition coefficient (Wildman–Crippen LogP) is 5.75. The first-order valence-electron chi connectivity index (χ1n) is 8.58. The largest absolute Gasteiger partial charge is 0.504 e. The van der Waals surface area contributed by atoms with E-state index in [-0.39, 0.29) is 16.6 Å². The Morgan fingerprint density at radius 1 is 0.920 bits per heavy atom. The second-order valence-corrected chi connectivity index (χ2v) is 8.42. The first kappa shape index (κ1) is 19.0. The van der Waals surface area contributed by atoms with Gasteiger partial charge in [-0.25, -0.2) is 0 Å². The maximum atomic E-state index is 10.2. The van der Waals surface area contributed by atoms with E-state index in [1.54, 1.807) is 19.4 Å². The molecule has 1 N–H and O–H groups in total. The fourth-order valence-corrected chi connectivity index (χ4v) is 2.50. The van der Waals surface area contributed by atoms with Crippen LogP contribution in [-0.4, -0.2) is 18.4 Å². The van der Waals surface area contributed by atoms with Crippen LogP contribution in [0.5, 0.6) is 11.5 Å². The fraction of sp³-hybridized carbons (Fsp3) is 0.409. The molecule has 0 aliphatic carbocycles. The molecule has 0 atom stereocenters. The molecule has 2 rings (SSSR count). The van der Waals surface area contributed by atoms with Crippen molar-refractivity contribution in [2.45, 2.75) is 52.4 Å². The van der Waals surface area contributed by atoms with Gasteiger partial charge in [0.1, 0.15) is 0 Å². The highest BCUT2D eigenvalue weighted by Crippen LogP contribution is 2.33. The summed E-state index contributed by atoms with van der Waals surface area (Å²) in [7, 11) is 1.54. The number of methoxy groups -OCH3 is 1. The molecule has 134 valence electrons. The maximum Gasteiger partial charge on any atom is 0.166 e. The van der Waals surface area contributed by atoms with Crippen LogP contribution in [0.3, 0.4) is 0 Å². The second-order valence-electron chi connectivity index (χ2n) is 8.42. The summed E-state index contributed by atoms with van der Waals surface area (Å²) >= 11 is 0. The van der Waals surface area contributed by atoms with E-state index in [2.05, 4.69) is 64.7 Å². The Morgan fingerprint density at radius 3 is 1.96 bits per heavy atom. The molecule has 2 aromatic carbocycles. The lowest BCUT2D eigenvalue weighted by Crippen LogP contribution is -2.16. The lowest BCUT2D eigenvalue weighted by atomic mass is 9.80. The van der Waals surface area contributed by atoms with E-state index in [0.29, 0.717) is 11.3 Å². The van der Waals surface area contributed by atoms with Gasteiger partial charge in [-0.05, 0) is 46.2 Å². The summed E-state index contributed by atoms with van der Waals surface area (Å²) in [5, 5.41) is 10.2. The third kappa shape index (κ3) is 4.62. The monoisotopic (exact) mass is 339 g/mol. The SMILES string of the molecule is COc1cccc(C=Nc2cc(C(C)(C)C)cc(C(C)(C)C)c2)c1O. The van der Waals surface area contributed by atoms with E-state index < -0.39 is 0 Å². The van der Waals surface area contributed by atoms with Gasteiger partial charge in [0, 0.05) is 11.8 Å². The van der Waals surface area contributed by atoms with Gasteiger partial charge in [-0.1, -0.05) is 53.7 Å². The third-order valence-corrected chi connectivity index (χ3v) is 4.25. The van der Waals surface area contributed by atoms with E-state index in [9.17, 15) is 5.11 Å². The number of rotatable bonds is 3. The minimum Gasteiger partial charge on any atom is -0.504 e. The zero-order valence-electron chi connectivity index (χ0n) is 16.3. The van der Waals surface area contributed by atoms with E-state index in [1.165, 1.54) is 11.1 Å². The number of aliphatic imine (C=N–C) groups is 1. The van der Waals surface area contributed by atoms with Crippen LogP contribution in [-0.2, 0) is 10.8 Å². The summed E-state index contributed by atoms with van der Waals surface area (Å²) in [6.45, 7) is 13.2. The molecule has 25 heavy (non-hydrogen) atoms. The standard InChI is InChI=1S/C22H29NO2/c1-21(2,3)16-11-17(22(4,5)6)13-18(12-16)23-14-15-9-8-10-19(25-7)20(15)24/h8-14,24H,1-7H3. The van der Waals surface area contributed by atoms with Crippen LogP contribution in [0, 0.1) is 0 Å². The molecule has 0 saturated carbocycles.